The maximum absolute atomic E-state index is 12.4. The van der Waals surface area contributed by atoms with Crippen LogP contribution in [0.1, 0.15) is 79.1 Å². The van der Waals surface area contributed by atoms with E-state index < -0.39 is 68.0 Å². The van der Waals surface area contributed by atoms with Gasteiger partial charge in [0.2, 0.25) is 0 Å². The molecule has 6 rings (SSSR count). The van der Waals surface area contributed by atoms with Gasteiger partial charge in [0, 0.05) is 0 Å². The van der Waals surface area contributed by atoms with Crippen LogP contribution in [-0.2, 0) is 23.7 Å². The zero-order valence-corrected chi connectivity index (χ0v) is 26.3. The number of allylic oxidation sites excluding steroid dienone is 2. The number of aliphatic hydroxyl groups is 6. The fraction of sp³-hybridized carbons (Fsp3) is 0.909. The number of hydrogen-bond donors (Lipinski definition) is 6. The van der Waals surface area contributed by atoms with Crippen molar-refractivity contribution in [1.29, 1.82) is 0 Å². The minimum atomic E-state index is -1.61. The molecule has 0 radical (unpaired) electrons. The van der Waals surface area contributed by atoms with Crippen LogP contribution < -0.4 is 0 Å². The van der Waals surface area contributed by atoms with Gasteiger partial charge in [0.1, 0.15) is 42.7 Å². The van der Waals surface area contributed by atoms with Crippen molar-refractivity contribution in [3.05, 3.63) is 11.6 Å². The van der Waals surface area contributed by atoms with Crippen molar-refractivity contribution in [1.82, 2.24) is 0 Å². The molecule has 0 unspecified atom stereocenters. The molecular formula is C33H52O11. The van der Waals surface area contributed by atoms with Crippen molar-refractivity contribution >= 4 is 5.78 Å². The number of Topliss-reactive ketones (excluding diaryl/α,β-unsaturated/α-hetero) is 1. The highest BCUT2D eigenvalue weighted by Gasteiger charge is 2.59. The van der Waals surface area contributed by atoms with Gasteiger partial charge < -0.3 is 49.6 Å². The molecule has 5 fully saturated rings. The Bertz CT molecular complexity index is 1100. The van der Waals surface area contributed by atoms with E-state index in [9.17, 15) is 35.4 Å². The first-order valence-corrected chi connectivity index (χ1v) is 16.6. The molecule has 44 heavy (non-hydrogen) atoms. The van der Waals surface area contributed by atoms with E-state index >= 15 is 0 Å². The van der Waals surface area contributed by atoms with E-state index in [-0.39, 0.29) is 22.7 Å². The number of fused-ring (bicyclic) bond motifs is 5. The average molecular weight is 625 g/mol. The van der Waals surface area contributed by atoms with Gasteiger partial charge in [-0.25, -0.2) is 0 Å². The lowest BCUT2D eigenvalue weighted by Gasteiger charge is -2.61. The number of rotatable bonds is 6. The summed E-state index contributed by atoms with van der Waals surface area (Å²) in [6.07, 6.45) is -3.37. The number of aliphatic hydroxyl groups excluding tert-OH is 6. The molecular weight excluding hydrogens is 572 g/mol. The highest BCUT2D eigenvalue weighted by atomic mass is 16.8. The summed E-state index contributed by atoms with van der Waals surface area (Å²) in [6, 6.07) is 0. The van der Waals surface area contributed by atoms with E-state index in [0.29, 0.717) is 23.7 Å². The van der Waals surface area contributed by atoms with Crippen LogP contribution in [0.2, 0.25) is 0 Å². The Balaban J connectivity index is 1.15. The fourth-order valence-corrected chi connectivity index (χ4v) is 10.2. The second kappa shape index (κ2) is 12.2. The van der Waals surface area contributed by atoms with Crippen LogP contribution in [0, 0.1) is 34.5 Å². The molecule has 2 heterocycles. The molecule has 0 aromatic carbocycles. The van der Waals surface area contributed by atoms with E-state index in [1.54, 1.807) is 6.92 Å². The Morgan fingerprint density at radius 1 is 0.886 bits per heavy atom. The molecule has 6 aliphatic rings. The summed E-state index contributed by atoms with van der Waals surface area (Å²) in [5.74, 6) is 2.35. The largest absolute Gasteiger partial charge is 0.394 e. The number of ether oxygens (including phenoxy) is 4. The third-order valence-corrected chi connectivity index (χ3v) is 12.8. The minimum absolute atomic E-state index is 0.0138. The molecule has 2 aliphatic heterocycles. The van der Waals surface area contributed by atoms with Crippen LogP contribution >= 0.6 is 0 Å². The fourth-order valence-electron chi connectivity index (χ4n) is 10.2. The van der Waals surface area contributed by atoms with E-state index in [1.807, 2.05) is 0 Å². The summed E-state index contributed by atoms with van der Waals surface area (Å²) in [4.78, 5) is 12.4. The maximum atomic E-state index is 12.4. The van der Waals surface area contributed by atoms with Crippen molar-refractivity contribution in [2.24, 2.45) is 34.5 Å². The van der Waals surface area contributed by atoms with E-state index in [2.05, 4.69) is 19.9 Å². The molecule has 2 saturated heterocycles. The van der Waals surface area contributed by atoms with Gasteiger partial charge >= 0.3 is 0 Å². The second-order valence-electron chi connectivity index (χ2n) is 15.0. The quantitative estimate of drug-likeness (QED) is 0.234. The van der Waals surface area contributed by atoms with Crippen LogP contribution in [0.5, 0.6) is 0 Å². The summed E-state index contributed by atoms with van der Waals surface area (Å²) in [6.45, 7) is 7.44. The van der Waals surface area contributed by atoms with Crippen LogP contribution in [0.3, 0.4) is 0 Å². The first kappa shape index (κ1) is 32.9. The smallest absolute Gasteiger partial charge is 0.187 e. The molecule has 11 nitrogen and oxygen atoms in total. The Labute approximate surface area is 259 Å². The number of hydrogen-bond acceptors (Lipinski definition) is 11. The van der Waals surface area contributed by atoms with Crippen molar-refractivity contribution in [3.8, 4) is 0 Å². The Kier molecular flexibility index (Phi) is 9.15. The van der Waals surface area contributed by atoms with Gasteiger partial charge in [0.25, 0.3) is 0 Å². The predicted molar refractivity (Wildman–Crippen MR) is 156 cm³/mol. The highest BCUT2D eigenvalue weighted by Crippen LogP contribution is 2.66. The van der Waals surface area contributed by atoms with E-state index in [0.717, 1.165) is 56.9 Å². The Hall–Kier alpha value is -0.990. The number of ketones is 1. The first-order chi connectivity index (χ1) is 20.8. The minimum Gasteiger partial charge on any atom is -0.394 e. The summed E-state index contributed by atoms with van der Waals surface area (Å²) in [5, 5.41) is 62.4. The van der Waals surface area contributed by atoms with Crippen molar-refractivity contribution < 1.29 is 54.4 Å². The zero-order chi connectivity index (χ0) is 31.7. The molecule has 0 spiro atoms. The molecule has 17 atom stereocenters. The Morgan fingerprint density at radius 3 is 2.34 bits per heavy atom. The highest BCUT2D eigenvalue weighted by molar-refractivity contribution is 5.95. The van der Waals surface area contributed by atoms with Gasteiger partial charge in [-0.05, 0) is 105 Å². The van der Waals surface area contributed by atoms with Gasteiger partial charge in [-0.15, -0.1) is 0 Å². The van der Waals surface area contributed by atoms with Gasteiger partial charge in [0.15, 0.2) is 18.4 Å². The second-order valence-corrected chi connectivity index (χ2v) is 15.0. The summed E-state index contributed by atoms with van der Waals surface area (Å²) >= 11 is 0. The molecule has 250 valence electrons. The van der Waals surface area contributed by atoms with Crippen LogP contribution in [0.4, 0.5) is 0 Å². The van der Waals surface area contributed by atoms with Crippen LogP contribution in [0.25, 0.3) is 0 Å². The monoisotopic (exact) mass is 624 g/mol. The zero-order valence-electron chi connectivity index (χ0n) is 26.3. The predicted octanol–water partition coefficient (Wildman–Crippen LogP) is 1.19. The van der Waals surface area contributed by atoms with Crippen molar-refractivity contribution in [3.63, 3.8) is 0 Å². The Morgan fingerprint density at radius 2 is 1.64 bits per heavy atom. The van der Waals surface area contributed by atoms with Crippen molar-refractivity contribution in [2.75, 3.05) is 6.61 Å². The third-order valence-electron chi connectivity index (χ3n) is 12.8. The van der Waals surface area contributed by atoms with Crippen LogP contribution in [-0.4, -0.2) is 111 Å². The first-order valence-electron chi connectivity index (χ1n) is 16.6. The SMILES string of the molecule is CC(=O)C1=CC[C@H]2[C@@H]3CC[C@@H]4C[C@@H](O[C@@H]5O[C@H](CO)[C@@H](O)[C@H](O)[C@H]5O[C@@H]5O[C@@H](C)[C@H](O)[C@@H](O)[C@H]5O)CC[C@]4(C)[C@H]3CC[C@]12C. The maximum Gasteiger partial charge on any atom is 0.187 e. The number of carbonyl (C=O) groups excluding carboxylic acids is 1. The third kappa shape index (κ3) is 5.33. The van der Waals surface area contributed by atoms with Crippen molar-refractivity contribution in [2.45, 2.75) is 147 Å². The molecule has 11 heteroatoms. The lowest BCUT2D eigenvalue weighted by Crippen LogP contribution is -2.64. The molecule has 0 amide bonds. The molecule has 4 aliphatic carbocycles. The molecule has 0 aromatic rings. The lowest BCUT2D eigenvalue weighted by molar-refractivity contribution is -0.371. The van der Waals surface area contributed by atoms with Gasteiger partial charge in [-0.1, -0.05) is 19.9 Å². The topological polar surface area (TPSA) is 175 Å². The van der Waals surface area contributed by atoms with Crippen LogP contribution in [0.15, 0.2) is 11.6 Å². The summed E-state index contributed by atoms with van der Waals surface area (Å²) in [5.41, 5.74) is 1.18. The molecule has 6 N–H and O–H groups in total. The van der Waals surface area contributed by atoms with Gasteiger partial charge in [-0.2, -0.15) is 0 Å². The normalized spacial score (nSPS) is 54.1. The summed E-state index contributed by atoms with van der Waals surface area (Å²) < 4.78 is 23.9. The van der Waals surface area contributed by atoms with E-state index in [1.165, 1.54) is 6.92 Å². The standard InChI is InChI=1S/C33H52O11/c1-15(35)20-7-8-21-19-6-5-17-13-18(9-11-32(17,3)22(19)10-12-33(20,21)4)42-31-29(27(39)25(37)23(14-34)43-31)44-30-28(40)26(38)24(36)16(2)41-30/h7,16-19,21-31,34,36-40H,5-6,8-14H2,1-4H3/t16-,17+,18-,19-,21-,22-,23+,24-,25+,26+,27-,28+,29+,30-,31+,32-,33+/m0/s1. The summed E-state index contributed by atoms with van der Waals surface area (Å²) in [7, 11) is 0. The van der Waals surface area contributed by atoms with Gasteiger partial charge in [0.05, 0.1) is 18.8 Å². The average Bonchev–Trinajstić information content (AvgIpc) is 3.36. The lowest BCUT2D eigenvalue weighted by atomic mass is 9.44. The van der Waals surface area contributed by atoms with E-state index in [4.69, 9.17) is 18.9 Å². The van der Waals surface area contributed by atoms with Gasteiger partial charge in [-0.3, -0.25) is 4.79 Å². The number of carbonyl (C=O) groups is 1. The molecule has 3 saturated carbocycles. The molecule has 0 bridgehead atoms. The molecule has 0 aromatic heterocycles.